The summed E-state index contributed by atoms with van der Waals surface area (Å²) in [5.74, 6) is 1.93. The third-order valence-corrected chi connectivity index (χ3v) is 10.1. The topological polar surface area (TPSA) is 38.7 Å². The van der Waals surface area contributed by atoms with Crippen molar-refractivity contribution in [2.45, 2.75) is 0 Å². The van der Waals surface area contributed by atoms with Crippen LogP contribution in [0.2, 0.25) is 0 Å². The van der Waals surface area contributed by atoms with Gasteiger partial charge in [0, 0.05) is 16.7 Å². The molecule has 52 heavy (non-hydrogen) atoms. The lowest BCUT2D eigenvalue weighted by molar-refractivity contribution is 1.08. The van der Waals surface area contributed by atoms with Crippen molar-refractivity contribution in [2.75, 3.05) is 0 Å². The fraction of sp³-hybridized carbons (Fsp3) is 0. The van der Waals surface area contributed by atoms with E-state index >= 15 is 0 Å². The van der Waals surface area contributed by atoms with E-state index < -0.39 is 0 Å². The van der Waals surface area contributed by atoms with Gasteiger partial charge in [-0.3, -0.25) is 0 Å². The molecule has 0 aliphatic heterocycles. The van der Waals surface area contributed by atoms with Crippen molar-refractivity contribution < 1.29 is 0 Å². The van der Waals surface area contributed by atoms with E-state index in [-0.39, 0.29) is 0 Å². The molecule has 0 spiro atoms. The van der Waals surface area contributed by atoms with Crippen LogP contribution in [0.15, 0.2) is 188 Å². The van der Waals surface area contributed by atoms with Crippen molar-refractivity contribution in [2.24, 2.45) is 0 Å². The lowest BCUT2D eigenvalue weighted by Gasteiger charge is -2.12. The van der Waals surface area contributed by atoms with Gasteiger partial charge in [0.05, 0.1) is 0 Å². The third-order valence-electron chi connectivity index (χ3n) is 10.1. The molecule has 10 rings (SSSR count). The maximum atomic E-state index is 5.14. The first-order valence-corrected chi connectivity index (χ1v) is 17.6. The van der Waals surface area contributed by atoms with Crippen molar-refractivity contribution in [3.05, 3.63) is 188 Å². The molecule has 9 aromatic carbocycles. The van der Waals surface area contributed by atoms with Gasteiger partial charge in [0.25, 0.3) is 0 Å². The van der Waals surface area contributed by atoms with E-state index in [1.54, 1.807) is 0 Å². The number of fused-ring (bicyclic) bond motifs is 5. The van der Waals surface area contributed by atoms with Gasteiger partial charge in [-0.2, -0.15) is 0 Å². The van der Waals surface area contributed by atoms with Gasteiger partial charge in [-0.1, -0.05) is 170 Å². The highest BCUT2D eigenvalue weighted by Gasteiger charge is 2.15. The van der Waals surface area contributed by atoms with Crippen LogP contribution in [0, 0.1) is 0 Å². The minimum atomic E-state index is 0.641. The maximum Gasteiger partial charge on any atom is 0.164 e. The summed E-state index contributed by atoms with van der Waals surface area (Å²) in [5, 5.41) is 9.56. The molecule has 3 nitrogen and oxygen atoms in total. The first-order valence-electron chi connectivity index (χ1n) is 17.6. The molecule has 0 unspecified atom stereocenters. The smallest absolute Gasteiger partial charge is 0.164 e. The number of rotatable bonds is 5. The number of nitrogens with zero attached hydrogens (tertiary/aromatic N) is 3. The molecule has 0 radical (unpaired) electrons. The van der Waals surface area contributed by atoms with Crippen molar-refractivity contribution in [3.63, 3.8) is 0 Å². The quantitative estimate of drug-likeness (QED) is 0.172. The van der Waals surface area contributed by atoms with Gasteiger partial charge in [-0.25, -0.2) is 15.0 Å². The molecule has 0 N–H and O–H groups in total. The Morgan fingerprint density at radius 3 is 1.42 bits per heavy atom. The highest BCUT2D eigenvalue weighted by molar-refractivity contribution is 6.08. The van der Waals surface area contributed by atoms with Gasteiger partial charge in [0.1, 0.15) is 0 Å². The average molecular weight is 662 g/mol. The molecule has 1 aromatic heterocycles. The first-order chi connectivity index (χ1) is 25.7. The van der Waals surface area contributed by atoms with E-state index in [0.717, 1.165) is 27.6 Å². The second kappa shape index (κ2) is 12.4. The molecule has 0 atom stereocenters. The maximum absolute atomic E-state index is 5.14. The molecule has 0 aliphatic carbocycles. The molecule has 242 valence electrons. The van der Waals surface area contributed by atoms with E-state index in [9.17, 15) is 0 Å². The zero-order valence-electron chi connectivity index (χ0n) is 28.2. The van der Waals surface area contributed by atoms with Crippen LogP contribution in [0.5, 0.6) is 0 Å². The zero-order chi connectivity index (χ0) is 34.4. The Morgan fingerprint density at radius 1 is 0.231 bits per heavy atom. The fourth-order valence-electron chi connectivity index (χ4n) is 7.38. The zero-order valence-corrected chi connectivity index (χ0v) is 28.2. The lowest BCUT2D eigenvalue weighted by atomic mass is 9.97. The third kappa shape index (κ3) is 5.37. The molecule has 10 aromatic rings. The molecular weight excluding hydrogens is 631 g/mol. The van der Waals surface area contributed by atoms with Crippen molar-refractivity contribution in [1.82, 2.24) is 15.0 Å². The van der Waals surface area contributed by atoms with E-state index in [0.29, 0.717) is 17.5 Å². The second-order valence-corrected chi connectivity index (χ2v) is 13.3. The Kier molecular flexibility index (Phi) is 7.14. The molecule has 0 amide bonds. The average Bonchev–Trinajstić information content (AvgIpc) is 3.23. The molecular formula is C49H31N3. The number of hydrogen-bond donors (Lipinski definition) is 0. The SMILES string of the molecule is c1ccc(-c2ccc3cc(-c4nc(-c5ccc(-c6cccc7ccccc67)cc5)nc(-c5ccc6ccc7ccccc7c6c5)n4)ccc3c2)cc1. The Hall–Kier alpha value is -6.97. The Morgan fingerprint density at radius 2 is 0.692 bits per heavy atom. The summed E-state index contributed by atoms with van der Waals surface area (Å²) in [5.41, 5.74) is 7.60. The van der Waals surface area contributed by atoms with Gasteiger partial charge in [0.2, 0.25) is 0 Å². The predicted octanol–water partition coefficient (Wildman–Crippen LogP) is 12.8. The number of aromatic nitrogens is 3. The van der Waals surface area contributed by atoms with Crippen LogP contribution in [0.3, 0.4) is 0 Å². The van der Waals surface area contributed by atoms with Gasteiger partial charge in [-0.05, 0) is 83.5 Å². The number of hydrogen-bond acceptors (Lipinski definition) is 3. The Labute approximate surface area is 301 Å². The fourth-order valence-corrected chi connectivity index (χ4v) is 7.38. The largest absolute Gasteiger partial charge is 0.208 e. The van der Waals surface area contributed by atoms with E-state index in [1.165, 1.54) is 54.4 Å². The second-order valence-electron chi connectivity index (χ2n) is 13.3. The molecule has 0 fully saturated rings. The van der Waals surface area contributed by atoms with Crippen LogP contribution >= 0.6 is 0 Å². The van der Waals surface area contributed by atoms with E-state index in [2.05, 4.69) is 182 Å². The van der Waals surface area contributed by atoms with Gasteiger partial charge >= 0.3 is 0 Å². The van der Waals surface area contributed by atoms with E-state index in [4.69, 9.17) is 15.0 Å². The summed E-state index contributed by atoms with van der Waals surface area (Å²) >= 11 is 0. The normalized spacial score (nSPS) is 11.5. The highest BCUT2D eigenvalue weighted by atomic mass is 15.0. The van der Waals surface area contributed by atoms with Crippen LogP contribution in [-0.2, 0) is 0 Å². The predicted molar refractivity (Wildman–Crippen MR) is 217 cm³/mol. The van der Waals surface area contributed by atoms with Crippen LogP contribution in [0.25, 0.3) is 99.5 Å². The standard InChI is InChI=1S/C49H31N3/c1-2-9-32(10-3-1)38-24-25-40-30-41(28-26-39(40)29-38)48-50-47(37-22-19-35(20-23-37)44-16-8-13-33-11-4-6-14-43(33)44)51-49(52-48)42-27-21-36-18-17-34-12-5-7-15-45(34)46(36)31-42/h1-31H. The Bertz CT molecular complexity index is 2940. The van der Waals surface area contributed by atoms with Crippen molar-refractivity contribution >= 4 is 43.1 Å². The minimum absolute atomic E-state index is 0.641. The molecule has 0 bridgehead atoms. The molecule has 0 saturated heterocycles. The molecule has 0 aliphatic rings. The van der Waals surface area contributed by atoms with Crippen molar-refractivity contribution in [3.8, 4) is 56.4 Å². The van der Waals surface area contributed by atoms with Crippen LogP contribution in [0.4, 0.5) is 0 Å². The van der Waals surface area contributed by atoms with Crippen LogP contribution in [0.1, 0.15) is 0 Å². The summed E-state index contributed by atoms with van der Waals surface area (Å²) < 4.78 is 0. The summed E-state index contributed by atoms with van der Waals surface area (Å²) in [7, 11) is 0. The summed E-state index contributed by atoms with van der Waals surface area (Å²) in [4.78, 5) is 15.4. The Balaban J connectivity index is 1.11. The molecule has 1 heterocycles. The van der Waals surface area contributed by atoms with Crippen LogP contribution < -0.4 is 0 Å². The van der Waals surface area contributed by atoms with Crippen LogP contribution in [-0.4, -0.2) is 15.0 Å². The molecule has 0 saturated carbocycles. The minimum Gasteiger partial charge on any atom is -0.208 e. The summed E-state index contributed by atoms with van der Waals surface area (Å²) in [6.07, 6.45) is 0. The van der Waals surface area contributed by atoms with Gasteiger partial charge < -0.3 is 0 Å². The summed E-state index contributed by atoms with van der Waals surface area (Å²) in [6, 6.07) is 66.5. The molecule has 3 heteroatoms. The van der Waals surface area contributed by atoms with Gasteiger partial charge in [0.15, 0.2) is 17.5 Å². The van der Waals surface area contributed by atoms with E-state index in [1.807, 2.05) is 6.07 Å². The first kappa shape index (κ1) is 29.9. The lowest BCUT2D eigenvalue weighted by Crippen LogP contribution is -2.00. The monoisotopic (exact) mass is 661 g/mol. The van der Waals surface area contributed by atoms with Gasteiger partial charge in [-0.15, -0.1) is 0 Å². The highest BCUT2D eigenvalue weighted by Crippen LogP contribution is 2.34. The summed E-state index contributed by atoms with van der Waals surface area (Å²) in [6.45, 7) is 0. The number of benzene rings is 9. The van der Waals surface area contributed by atoms with Crippen molar-refractivity contribution in [1.29, 1.82) is 0 Å².